The Kier molecular flexibility index (Phi) is 6.14. The van der Waals surface area contributed by atoms with Gasteiger partial charge in [-0.2, -0.15) is 13.2 Å². The van der Waals surface area contributed by atoms with Gasteiger partial charge in [-0.1, -0.05) is 31.2 Å². The fourth-order valence-corrected chi connectivity index (χ4v) is 5.53. The number of aliphatic hydroxyl groups is 1. The number of benzene rings is 1. The van der Waals surface area contributed by atoms with Gasteiger partial charge in [0.25, 0.3) is 0 Å². The molecule has 2 atom stereocenters. The minimum atomic E-state index is -4.42. The molecule has 0 aliphatic heterocycles. The Labute approximate surface area is 207 Å². The van der Waals surface area contributed by atoms with Gasteiger partial charge in [0.15, 0.2) is 11.5 Å². The van der Waals surface area contributed by atoms with Crippen LogP contribution in [0.15, 0.2) is 48.7 Å². The molecule has 1 fully saturated rings. The van der Waals surface area contributed by atoms with Crippen molar-refractivity contribution >= 4 is 16.6 Å². The highest BCUT2D eigenvalue weighted by molar-refractivity contribution is 5.86. The number of rotatable bonds is 5. The molecule has 190 valence electrons. The molecule has 2 unspecified atom stereocenters. The molecule has 3 aromatic heterocycles. The first kappa shape index (κ1) is 24.5. The molecule has 0 radical (unpaired) electrons. The van der Waals surface area contributed by atoms with Crippen LogP contribution in [0.4, 0.5) is 13.2 Å². The Morgan fingerprint density at radius 2 is 1.83 bits per heavy atom. The van der Waals surface area contributed by atoms with Gasteiger partial charge < -0.3 is 9.84 Å². The van der Waals surface area contributed by atoms with E-state index in [1.165, 1.54) is 12.3 Å². The number of fused-ring (bicyclic) bond motifs is 2. The van der Waals surface area contributed by atoms with Gasteiger partial charge in [-0.15, -0.1) is 10.2 Å². The number of hydrogen-bond acceptors (Lipinski definition) is 5. The summed E-state index contributed by atoms with van der Waals surface area (Å²) >= 11 is 0. The third kappa shape index (κ3) is 4.52. The van der Waals surface area contributed by atoms with E-state index in [1.807, 2.05) is 18.2 Å². The summed E-state index contributed by atoms with van der Waals surface area (Å²) in [6.45, 7) is 3.43. The molecule has 36 heavy (non-hydrogen) atoms. The quantitative estimate of drug-likeness (QED) is 0.356. The van der Waals surface area contributed by atoms with Gasteiger partial charge in [0.2, 0.25) is 0 Å². The van der Waals surface area contributed by atoms with Crippen LogP contribution in [0.1, 0.15) is 51.0 Å². The molecule has 1 aliphatic carbocycles. The van der Waals surface area contributed by atoms with Crippen LogP contribution in [0.25, 0.3) is 28.1 Å². The average Bonchev–Trinajstić information content (AvgIpc) is 3.26. The summed E-state index contributed by atoms with van der Waals surface area (Å²) in [6.07, 6.45) is -0.758. The van der Waals surface area contributed by atoms with Gasteiger partial charge in [0, 0.05) is 11.6 Å². The Balaban J connectivity index is 1.55. The highest BCUT2D eigenvalue weighted by atomic mass is 19.4. The summed E-state index contributed by atoms with van der Waals surface area (Å²) < 4.78 is 50.4. The fraction of sp³-hybridized carbons (Fsp3) is 0.444. The van der Waals surface area contributed by atoms with E-state index in [0.29, 0.717) is 54.1 Å². The maximum atomic E-state index is 14.5. The standard InChI is InChI=1S/C27H29F3N4O2/c1-16(17-11-13-26(2,35)14-12-17)23(27(28,29)30)19-8-10-22-32-33-25(34(22)15-19)20-9-7-18-5-4-6-21(36-3)24(18)31-20/h4-10,15-17,23,35H,11-14H2,1-3H3. The fourth-order valence-electron chi connectivity index (χ4n) is 5.53. The van der Waals surface area contributed by atoms with E-state index in [4.69, 9.17) is 4.74 Å². The van der Waals surface area contributed by atoms with Crippen molar-refractivity contribution in [2.75, 3.05) is 7.11 Å². The van der Waals surface area contributed by atoms with Crippen molar-refractivity contribution in [1.29, 1.82) is 0 Å². The van der Waals surface area contributed by atoms with Gasteiger partial charge in [-0.05, 0) is 68.2 Å². The smallest absolute Gasteiger partial charge is 0.396 e. The van der Waals surface area contributed by atoms with E-state index >= 15 is 0 Å². The number of pyridine rings is 2. The van der Waals surface area contributed by atoms with Gasteiger partial charge >= 0.3 is 6.18 Å². The minimum absolute atomic E-state index is 0.123. The van der Waals surface area contributed by atoms with Crippen molar-refractivity contribution in [3.05, 3.63) is 54.2 Å². The molecule has 1 saturated carbocycles. The number of alkyl halides is 3. The maximum absolute atomic E-state index is 14.5. The lowest BCUT2D eigenvalue weighted by molar-refractivity contribution is -0.167. The van der Waals surface area contributed by atoms with E-state index in [2.05, 4.69) is 15.2 Å². The van der Waals surface area contributed by atoms with Crippen LogP contribution in [0, 0.1) is 11.8 Å². The Morgan fingerprint density at radius 3 is 2.53 bits per heavy atom. The largest absolute Gasteiger partial charge is 0.494 e. The molecule has 4 aromatic rings. The second kappa shape index (κ2) is 9.03. The van der Waals surface area contributed by atoms with Crippen molar-refractivity contribution in [1.82, 2.24) is 19.6 Å². The molecule has 6 nitrogen and oxygen atoms in total. The summed E-state index contributed by atoms with van der Waals surface area (Å²) in [6, 6.07) is 12.3. The third-order valence-electron chi connectivity index (χ3n) is 7.65. The number of methoxy groups -OCH3 is 1. The van der Waals surface area contributed by atoms with Gasteiger partial charge in [-0.25, -0.2) is 4.98 Å². The Bertz CT molecular complexity index is 1390. The highest BCUT2D eigenvalue weighted by Crippen LogP contribution is 2.47. The monoisotopic (exact) mass is 498 g/mol. The van der Waals surface area contributed by atoms with Gasteiger partial charge in [0.05, 0.1) is 18.6 Å². The van der Waals surface area contributed by atoms with Gasteiger partial charge in [-0.3, -0.25) is 4.40 Å². The Hall–Kier alpha value is -3.20. The van der Waals surface area contributed by atoms with E-state index in [9.17, 15) is 18.3 Å². The van der Waals surface area contributed by atoms with Crippen LogP contribution in [0.2, 0.25) is 0 Å². The van der Waals surface area contributed by atoms with Gasteiger partial charge in [0.1, 0.15) is 17.0 Å². The first-order chi connectivity index (χ1) is 17.1. The summed E-state index contributed by atoms with van der Waals surface area (Å²) in [5.41, 5.74) is 0.941. The molecule has 0 amide bonds. The van der Waals surface area contributed by atoms with E-state index in [1.54, 1.807) is 43.6 Å². The average molecular weight is 499 g/mol. The number of nitrogens with zero attached hydrogens (tertiary/aromatic N) is 4. The summed E-state index contributed by atoms with van der Waals surface area (Å²) in [5, 5.41) is 19.6. The van der Waals surface area contributed by atoms with Crippen molar-refractivity contribution in [2.45, 2.75) is 57.2 Å². The van der Waals surface area contributed by atoms with E-state index in [0.717, 1.165) is 5.39 Å². The maximum Gasteiger partial charge on any atom is 0.396 e. The molecular formula is C27H29F3N4O2. The van der Waals surface area contributed by atoms with Crippen molar-refractivity contribution in [3.63, 3.8) is 0 Å². The molecule has 1 N–H and O–H groups in total. The van der Waals surface area contributed by atoms with E-state index < -0.39 is 23.6 Å². The zero-order valence-corrected chi connectivity index (χ0v) is 20.5. The summed E-state index contributed by atoms with van der Waals surface area (Å²) in [4.78, 5) is 4.69. The molecular weight excluding hydrogens is 469 g/mol. The first-order valence-corrected chi connectivity index (χ1v) is 12.2. The molecule has 3 heterocycles. The lowest BCUT2D eigenvalue weighted by Crippen LogP contribution is -2.37. The van der Waals surface area contributed by atoms with Crippen LogP contribution in [0.3, 0.4) is 0 Å². The normalized spacial score (nSPS) is 22.6. The number of hydrogen-bond donors (Lipinski definition) is 1. The number of aromatic nitrogens is 4. The summed E-state index contributed by atoms with van der Waals surface area (Å²) in [7, 11) is 1.56. The molecule has 0 saturated heterocycles. The van der Waals surface area contributed by atoms with Crippen molar-refractivity contribution in [3.8, 4) is 17.3 Å². The predicted molar refractivity (Wildman–Crippen MR) is 131 cm³/mol. The lowest BCUT2D eigenvalue weighted by atomic mass is 9.70. The minimum Gasteiger partial charge on any atom is -0.494 e. The van der Waals surface area contributed by atoms with Crippen LogP contribution < -0.4 is 4.74 Å². The first-order valence-electron chi connectivity index (χ1n) is 12.2. The SMILES string of the molecule is COc1cccc2ccc(-c3nnc4ccc(C(C(C)C5CCC(C)(O)CC5)C(F)(F)F)cn34)nc12. The van der Waals surface area contributed by atoms with Crippen molar-refractivity contribution < 1.29 is 23.0 Å². The molecule has 1 aliphatic rings. The molecule has 1 aromatic carbocycles. The van der Waals surface area contributed by atoms with Crippen LogP contribution in [-0.2, 0) is 0 Å². The Morgan fingerprint density at radius 1 is 1.08 bits per heavy atom. The third-order valence-corrected chi connectivity index (χ3v) is 7.65. The van der Waals surface area contributed by atoms with Crippen LogP contribution in [-0.4, -0.2) is 43.6 Å². The highest BCUT2D eigenvalue weighted by Gasteiger charge is 2.47. The second-order valence-corrected chi connectivity index (χ2v) is 10.2. The number of halogens is 3. The van der Waals surface area contributed by atoms with Crippen molar-refractivity contribution in [2.24, 2.45) is 11.8 Å². The van der Waals surface area contributed by atoms with E-state index in [-0.39, 0.29) is 11.5 Å². The number of para-hydroxylation sites is 1. The topological polar surface area (TPSA) is 72.5 Å². The predicted octanol–water partition coefficient (Wildman–Crippen LogP) is 6.18. The molecule has 0 bridgehead atoms. The van der Waals surface area contributed by atoms with Crippen LogP contribution in [0.5, 0.6) is 5.75 Å². The molecule has 0 spiro atoms. The number of ether oxygens (including phenoxy) is 1. The second-order valence-electron chi connectivity index (χ2n) is 10.2. The summed E-state index contributed by atoms with van der Waals surface area (Å²) in [5.74, 6) is -1.44. The van der Waals surface area contributed by atoms with Crippen LogP contribution >= 0.6 is 0 Å². The lowest BCUT2D eigenvalue weighted by Gasteiger charge is -2.39. The zero-order chi connectivity index (χ0) is 25.7. The molecule has 9 heteroatoms. The zero-order valence-electron chi connectivity index (χ0n) is 20.5. The molecule has 5 rings (SSSR count).